The van der Waals surface area contributed by atoms with E-state index in [1.807, 2.05) is 22.9 Å². The molecule has 0 aromatic carbocycles. The van der Waals surface area contributed by atoms with E-state index in [-0.39, 0.29) is 6.03 Å². The molecule has 1 N–H and O–H groups in total. The molecule has 2 amide bonds. The Bertz CT molecular complexity index is 826. The van der Waals surface area contributed by atoms with Crippen LogP contribution in [0.1, 0.15) is 18.9 Å². The second-order valence-corrected chi connectivity index (χ2v) is 6.63. The van der Waals surface area contributed by atoms with Crippen molar-refractivity contribution >= 4 is 22.5 Å². The summed E-state index contributed by atoms with van der Waals surface area (Å²) in [5, 5.41) is 16.3. The van der Waals surface area contributed by atoms with E-state index in [0.717, 1.165) is 18.5 Å². The highest BCUT2D eigenvalue weighted by molar-refractivity contribution is 7.18. The molecule has 1 aliphatic heterocycles. The second-order valence-electron chi connectivity index (χ2n) is 5.65. The van der Waals surface area contributed by atoms with Crippen molar-refractivity contribution in [3.05, 3.63) is 37.1 Å². The van der Waals surface area contributed by atoms with Gasteiger partial charge in [-0.25, -0.2) is 14.5 Å². The Morgan fingerprint density at radius 1 is 1.24 bits per heavy atom. The first kappa shape index (κ1) is 15.6. The fourth-order valence-corrected chi connectivity index (χ4v) is 3.49. The van der Waals surface area contributed by atoms with E-state index >= 15 is 0 Å². The van der Waals surface area contributed by atoms with E-state index in [0.29, 0.717) is 29.3 Å². The number of anilines is 1. The average Bonchev–Trinajstić information content (AvgIpc) is 3.35. The van der Waals surface area contributed by atoms with Crippen molar-refractivity contribution < 1.29 is 4.79 Å². The molecular weight excluding hydrogens is 340 g/mol. The topological polar surface area (TPSA) is 102 Å². The maximum Gasteiger partial charge on any atom is 0.323 e. The second kappa shape index (κ2) is 6.93. The van der Waals surface area contributed by atoms with Crippen molar-refractivity contribution in [2.75, 3.05) is 18.4 Å². The van der Waals surface area contributed by atoms with Gasteiger partial charge in [0.15, 0.2) is 5.01 Å². The Morgan fingerprint density at radius 3 is 2.84 bits per heavy atom. The zero-order chi connectivity index (χ0) is 17.1. The van der Waals surface area contributed by atoms with Crippen molar-refractivity contribution in [3.8, 4) is 10.7 Å². The predicted octanol–water partition coefficient (Wildman–Crippen LogP) is 2.06. The van der Waals surface area contributed by atoms with Crippen LogP contribution in [0.3, 0.4) is 0 Å². The van der Waals surface area contributed by atoms with Gasteiger partial charge in [-0.15, -0.1) is 10.2 Å². The minimum absolute atomic E-state index is 0.152. The summed E-state index contributed by atoms with van der Waals surface area (Å²) < 4.78 is 1.86. The van der Waals surface area contributed by atoms with E-state index in [2.05, 4.69) is 30.6 Å². The number of aromatic nitrogens is 6. The van der Waals surface area contributed by atoms with E-state index < -0.39 is 0 Å². The number of carbonyl (C=O) groups excluding carboxylic acids is 1. The quantitative estimate of drug-likeness (QED) is 0.771. The van der Waals surface area contributed by atoms with Gasteiger partial charge in [-0.3, -0.25) is 10.3 Å². The standard InChI is InChI=1S/C15H16N8OS/c24-15(22-7-4-11(5-8-22)23-10-16-9-18-23)19-14-21-20-13(25-14)12-3-1-2-6-17-12/h1-3,6,9-11H,4-5,7-8H2,(H,19,21,24). The lowest BCUT2D eigenvalue weighted by Crippen LogP contribution is -2.41. The van der Waals surface area contributed by atoms with Crippen molar-refractivity contribution in [1.29, 1.82) is 0 Å². The monoisotopic (exact) mass is 356 g/mol. The van der Waals surface area contributed by atoms with Crippen LogP contribution in [0.5, 0.6) is 0 Å². The zero-order valence-corrected chi connectivity index (χ0v) is 14.1. The molecular formula is C15H16N8OS. The van der Waals surface area contributed by atoms with Crippen LogP contribution >= 0.6 is 11.3 Å². The highest BCUT2D eigenvalue weighted by Crippen LogP contribution is 2.25. The Kier molecular flexibility index (Phi) is 4.34. The highest BCUT2D eigenvalue weighted by atomic mass is 32.1. The Morgan fingerprint density at radius 2 is 2.12 bits per heavy atom. The molecule has 0 aliphatic carbocycles. The molecule has 0 spiro atoms. The number of pyridine rings is 1. The van der Waals surface area contributed by atoms with Gasteiger partial charge in [0.25, 0.3) is 0 Å². The lowest BCUT2D eigenvalue weighted by Gasteiger charge is -2.31. The van der Waals surface area contributed by atoms with Gasteiger partial charge in [-0.05, 0) is 25.0 Å². The predicted molar refractivity (Wildman–Crippen MR) is 92.0 cm³/mol. The van der Waals surface area contributed by atoms with Crippen LogP contribution in [-0.2, 0) is 0 Å². The number of nitrogens with zero attached hydrogens (tertiary/aromatic N) is 7. The van der Waals surface area contributed by atoms with E-state index in [4.69, 9.17) is 0 Å². The number of carbonyl (C=O) groups is 1. The fourth-order valence-electron chi connectivity index (χ4n) is 2.78. The summed E-state index contributed by atoms with van der Waals surface area (Å²) in [7, 11) is 0. The molecule has 128 valence electrons. The summed E-state index contributed by atoms with van der Waals surface area (Å²) in [5.74, 6) is 0. The molecule has 9 nitrogen and oxygen atoms in total. The number of nitrogens with one attached hydrogen (secondary N) is 1. The third-order valence-electron chi connectivity index (χ3n) is 4.09. The van der Waals surface area contributed by atoms with E-state index in [1.165, 1.54) is 17.7 Å². The first-order valence-corrected chi connectivity index (χ1v) is 8.76. The van der Waals surface area contributed by atoms with Crippen LogP contribution < -0.4 is 5.32 Å². The first-order chi connectivity index (χ1) is 12.3. The number of rotatable bonds is 3. The van der Waals surface area contributed by atoms with Gasteiger partial charge in [-0.1, -0.05) is 17.4 Å². The molecule has 1 saturated heterocycles. The van der Waals surface area contributed by atoms with E-state index in [1.54, 1.807) is 17.4 Å². The van der Waals surface area contributed by atoms with E-state index in [9.17, 15) is 4.79 Å². The number of amides is 2. The number of likely N-dealkylation sites (tertiary alicyclic amines) is 1. The number of piperidine rings is 1. The molecule has 3 aromatic heterocycles. The molecule has 0 bridgehead atoms. The van der Waals surface area contributed by atoms with Crippen molar-refractivity contribution in [1.82, 2.24) is 34.8 Å². The summed E-state index contributed by atoms with van der Waals surface area (Å²) in [6, 6.07) is 5.74. The molecule has 4 rings (SSSR count). The molecule has 0 radical (unpaired) electrons. The largest absolute Gasteiger partial charge is 0.324 e. The molecule has 1 fully saturated rings. The Labute approximate surface area is 147 Å². The lowest BCUT2D eigenvalue weighted by molar-refractivity contribution is 0.180. The van der Waals surface area contributed by atoms with Gasteiger partial charge in [0, 0.05) is 19.3 Å². The maximum absolute atomic E-state index is 12.4. The fraction of sp³-hybridized carbons (Fsp3) is 0.333. The maximum atomic E-state index is 12.4. The minimum atomic E-state index is -0.152. The van der Waals surface area contributed by atoms with Crippen LogP contribution in [0.4, 0.5) is 9.93 Å². The van der Waals surface area contributed by atoms with Crippen LogP contribution in [0.2, 0.25) is 0 Å². The lowest BCUT2D eigenvalue weighted by atomic mass is 10.1. The van der Waals surface area contributed by atoms with Crippen LogP contribution in [0.25, 0.3) is 10.7 Å². The first-order valence-electron chi connectivity index (χ1n) is 7.94. The van der Waals surface area contributed by atoms with Crippen molar-refractivity contribution in [3.63, 3.8) is 0 Å². The highest BCUT2D eigenvalue weighted by Gasteiger charge is 2.25. The van der Waals surface area contributed by atoms with Gasteiger partial charge in [0.1, 0.15) is 18.3 Å². The van der Waals surface area contributed by atoms with Crippen LogP contribution in [0.15, 0.2) is 37.1 Å². The van der Waals surface area contributed by atoms with Gasteiger partial charge >= 0.3 is 6.03 Å². The summed E-state index contributed by atoms with van der Waals surface area (Å²) in [4.78, 5) is 22.4. The smallest absolute Gasteiger partial charge is 0.323 e. The number of hydrogen-bond acceptors (Lipinski definition) is 7. The third-order valence-corrected chi connectivity index (χ3v) is 4.95. The van der Waals surface area contributed by atoms with Crippen LogP contribution in [0, 0.1) is 0 Å². The average molecular weight is 356 g/mol. The van der Waals surface area contributed by atoms with Crippen molar-refractivity contribution in [2.45, 2.75) is 18.9 Å². The molecule has 4 heterocycles. The minimum Gasteiger partial charge on any atom is -0.324 e. The van der Waals surface area contributed by atoms with Crippen LogP contribution in [-0.4, -0.2) is 54.0 Å². The summed E-state index contributed by atoms with van der Waals surface area (Å²) in [6.45, 7) is 1.34. The third kappa shape index (κ3) is 3.48. The molecule has 1 aliphatic rings. The van der Waals surface area contributed by atoms with Gasteiger partial charge in [-0.2, -0.15) is 5.10 Å². The molecule has 3 aromatic rings. The van der Waals surface area contributed by atoms with Crippen molar-refractivity contribution in [2.24, 2.45) is 0 Å². The molecule has 10 heteroatoms. The van der Waals surface area contributed by atoms with Gasteiger partial charge in [0.05, 0.1) is 6.04 Å². The summed E-state index contributed by atoms with van der Waals surface area (Å²) >= 11 is 1.31. The van der Waals surface area contributed by atoms with Gasteiger partial charge in [0.2, 0.25) is 5.13 Å². The summed E-state index contributed by atoms with van der Waals surface area (Å²) in [6.07, 6.45) is 6.67. The SMILES string of the molecule is O=C(Nc1nnc(-c2ccccn2)s1)N1CCC(n2cncn2)CC1. The molecule has 25 heavy (non-hydrogen) atoms. The molecule has 0 atom stereocenters. The normalized spacial score (nSPS) is 15.3. The Balaban J connectivity index is 1.34. The Hall–Kier alpha value is -2.88. The molecule has 0 unspecified atom stereocenters. The summed E-state index contributed by atoms with van der Waals surface area (Å²) in [5.41, 5.74) is 0.745. The zero-order valence-electron chi connectivity index (χ0n) is 13.3. The number of urea groups is 1. The number of hydrogen-bond donors (Lipinski definition) is 1. The molecule has 0 saturated carbocycles. The van der Waals surface area contributed by atoms with Gasteiger partial charge < -0.3 is 4.90 Å².